The number of pyridine rings is 1. The summed E-state index contributed by atoms with van der Waals surface area (Å²) in [7, 11) is 0. The van der Waals surface area contributed by atoms with E-state index in [2.05, 4.69) is 10.3 Å². The van der Waals surface area contributed by atoms with Gasteiger partial charge in [-0.25, -0.2) is 0 Å². The predicted octanol–water partition coefficient (Wildman–Crippen LogP) is 0.565. The molecule has 2 heterocycles. The second-order valence-electron chi connectivity index (χ2n) is 4.75. The van der Waals surface area contributed by atoms with Crippen LogP contribution in [0.15, 0.2) is 24.4 Å². The van der Waals surface area contributed by atoms with Crippen molar-refractivity contribution in [2.45, 2.75) is 26.4 Å². The molecule has 1 unspecified atom stereocenters. The highest BCUT2D eigenvalue weighted by atomic mass is 16.2. The average Bonchev–Trinajstić information content (AvgIpc) is 2.35. The van der Waals surface area contributed by atoms with E-state index in [9.17, 15) is 9.59 Å². The summed E-state index contributed by atoms with van der Waals surface area (Å²) < 4.78 is 0. The highest BCUT2D eigenvalue weighted by Crippen LogP contribution is 2.17. The molecule has 1 aliphatic rings. The number of piperazine rings is 1. The fourth-order valence-corrected chi connectivity index (χ4v) is 2.18. The van der Waals surface area contributed by atoms with E-state index < -0.39 is 6.04 Å². The van der Waals surface area contributed by atoms with Crippen molar-refractivity contribution in [2.24, 2.45) is 5.92 Å². The highest BCUT2D eigenvalue weighted by molar-refractivity contribution is 5.94. The van der Waals surface area contributed by atoms with Crippen molar-refractivity contribution in [3.63, 3.8) is 0 Å². The van der Waals surface area contributed by atoms with Crippen molar-refractivity contribution in [1.29, 1.82) is 0 Å². The van der Waals surface area contributed by atoms with E-state index in [0.717, 1.165) is 5.69 Å². The molecule has 1 atom stereocenters. The van der Waals surface area contributed by atoms with Crippen LogP contribution in [-0.2, 0) is 16.1 Å². The van der Waals surface area contributed by atoms with Gasteiger partial charge in [0.2, 0.25) is 11.8 Å². The molecule has 0 saturated carbocycles. The number of hydrogen-bond donors (Lipinski definition) is 1. The summed E-state index contributed by atoms with van der Waals surface area (Å²) in [5.74, 6) is -0.0579. The second-order valence-corrected chi connectivity index (χ2v) is 4.75. The minimum atomic E-state index is -0.409. The van der Waals surface area contributed by atoms with Gasteiger partial charge in [0.05, 0.1) is 18.8 Å². The molecule has 5 heteroatoms. The topological polar surface area (TPSA) is 62.3 Å². The lowest BCUT2D eigenvalue weighted by Gasteiger charge is -2.36. The molecule has 0 spiro atoms. The lowest BCUT2D eigenvalue weighted by atomic mass is 9.99. The molecule has 2 rings (SSSR count). The first-order valence-electron chi connectivity index (χ1n) is 6.06. The Morgan fingerprint density at radius 1 is 1.44 bits per heavy atom. The molecule has 18 heavy (non-hydrogen) atoms. The average molecular weight is 247 g/mol. The summed E-state index contributed by atoms with van der Waals surface area (Å²) in [6.45, 7) is 4.34. The summed E-state index contributed by atoms with van der Waals surface area (Å²) in [5.41, 5.74) is 0.797. The molecule has 1 N–H and O–H groups in total. The van der Waals surface area contributed by atoms with Crippen molar-refractivity contribution in [1.82, 2.24) is 15.2 Å². The number of nitrogens with zero attached hydrogens (tertiary/aromatic N) is 2. The van der Waals surface area contributed by atoms with Gasteiger partial charge < -0.3 is 10.2 Å². The van der Waals surface area contributed by atoms with E-state index in [4.69, 9.17) is 0 Å². The standard InChI is InChI=1S/C13H17N3O2/c1-9(2)12-13(18)15-7-11(17)16(12)8-10-5-3-4-6-14-10/h3-6,9,12H,7-8H2,1-2H3,(H,15,18). The van der Waals surface area contributed by atoms with Crippen molar-refractivity contribution < 1.29 is 9.59 Å². The Morgan fingerprint density at radius 3 is 2.83 bits per heavy atom. The molecule has 1 fully saturated rings. The Hall–Kier alpha value is -1.91. The van der Waals surface area contributed by atoms with E-state index in [1.807, 2.05) is 32.0 Å². The Morgan fingerprint density at radius 2 is 2.22 bits per heavy atom. The number of aromatic nitrogens is 1. The summed E-state index contributed by atoms with van der Waals surface area (Å²) >= 11 is 0. The first-order chi connectivity index (χ1) is 8.59. The van der Waals surface area contributed by atoms with Gasteiger partial charge in [-0.3, -0.25) is 14.6 Å². The Bertz CT molecular complexity index is 445. The third-order valence-corrected chi connectivity index (χ3v) is 3.03. The molecule has 2 amide bonds. The molecule has 0 radical (unpaired) electrons. The van der Waals surface area contributed by atoms with E-state index in [-0.39, 0.29) is 24.3 Å². The molecule has 1 aromatic heterocycles. The van der Waals surface area contributed by atoms with Crippen LogP contribution in [0.1, 0.15) is 19.5 Å². The van der Waals surface area contributed by atoms with Crippen molar-refractivity contribution >= 4 is 11.8 Å². The molecule has 1 aliphatic heterocycles. The third-order valence-electron chi connectivity index (χ3n) is 3.03. The molecular weight excluding hydrogens is 230 g/mol. The number of carbonyl (C=O) groups excluding carboxylic acids is 2. The number of nitrogens with one attached hydrogen (secondary N) is 1. The summed E-state index contributed by atoms with van der Waals surface area (Å²) in [5, 5.41) is 2.63. The maximum absolute atomic E-state index is 11.9. The Kier molecular flexibility index (Phi) is 3.60. The zero-order valence-electron chi connectivity index (χ0n) is 10.6. The van der Waals surface area contributed by atoms with Gasteiger partial charge in [-0.1, -0.05) is 19.9 Å². The highest BCUT2D eigenvalue weighted by Gasteiger charge is 2.36. The summed E-state index contributed by atoms with van der Waals surface area (Å²) in [6.07, 6.45) is 1.69. The van der Waals surface area contributed by atoms with Gasteiger partial charge in [0.1, 0.15) is 6.04 Å². The van der Waals surface area contributed by atoms with Crippen LogP contribution in [0.2, 0.25) is 0 Å². The monoisotopic (exact) mass is 247 g/mol. The fraction of sp³-hybridized carbons (Fsp3) is 0.462. The lowest BCUT2D eigenvalue weighted by molar-refractivity contribution is -0.148. The Labute approximate surface area is 106 Å². The predicted molar refractivity (Wildman–Crippen MR) is 66.4 cm³/mol. The van der Waals surface area contributed by atoms with Crippen molar-refractivity contribution in [3.8, 4) is 0 Å². The van der Waals surface area contributed by atoms with Crippen molar-refractivity contribution in [2.75, 3.05) is 6.54 Å². The molecule has 1 saturated heterocycles. The smallest absolute Gasteiger partial charge is 0.243 e. The van der Waals surface area contributed by atoms with Crippen LogP contribution in [-0.4, -0.2) is 34.3 Å². The van der Waals surface area contributed by atoms with Gasteiger partial charge in [-0.15, -0.1) is 0 Å². The van der Waals surface area contributed by atoms with Crippen LogP contribution < -0.4 is 5.32 Å². The Balaban J connectivity index is 2.21. The molecule has 1 aromatic rings. The largest absolute Gasteiger partial charge is 0.345 e. The van der Waals surface area contributed by atoms with E-state index in [1.54, 1.807) is 11.1 Å². The molecule has 0 aliphatic carbocycles. The van der Waals surface area contributed by atoms with Gasteiger partial charge in [0.25, 0.3) is 0 Å². The third kappa shape index (κ3) is 2.50. The zero-order chi connectivity index (χ0) is 13.1. The van der Waals surface area contributed by atoms with Crippen LogP contribution in [0.25, 0.3) is 0 Å². The first kappa shape index (κ1) is 12.5. The maximum Gasteiger partial charge on any atom is 0.243 e. The van der Waals surface area contributed by atoms with Crippen LogP contribution in [0.4, 0.5) is 0 Å². The van der Waals surface area contributed by atoms with Gasteiger partial charge >= 0.3 is 0 Å². The summed E-state index contributed by atoms with van der Waals surface area (Å²) in [6, 6.07) is 5.15. The van der Waals surface area contributed by atoms with Crippen LogP contribution in [0.5, 0.6) is 0 Å². The molecule has 5 nitrogen and oxygen atoms in total. The number of amides is 2. The van der Waals surface area contributed by atoms with Crippen molar-refractivity contribution in [3.05, 3.63) is 30.1 Å². The quantitative estimate of drug-likeness (QED) is 0.849. The lowest BCUT2D eigenvalue weighted by Crippen LogP contribution is -2.59. The molecule has 0 bridgehead atoms. The molecular formula is C13H17N3O2. The van der Waals surface area contributed by atoms with Gasteiger partial charge in [0, 0.05) is 6.20 Å². The number of rotatable bonds is 3. The van der Waals surface area contributed by atoms with Crippen LogP contribution in [0, 0.1) is 5.92 Å². The second kappa shape index (κ2) is 5.16. The number of hydrogen-bond acceptors (Lipinski definition) is 3. The first-order valence-corrected chi connectivity index (χ1v) is 6.06. The van der Waals surface area contributed by atoms with Gasteiger partial charge in [-0.05, 0) is 18.1 Å². The zero-order valence-corrected chi connectivity index (χ0v) is 10.6. The van der Waals surface area contributed by atoms with Gasteiger partial charge in [0.15, 0.2) is 0 Å². The summed E-state index contributed by atoms with van der Waals surface area (Å²) in [4.78, 5) is 29.6. The van der Waals surface area contributed by atoms with E-state index >= 15 is 0 Å². The normalized spacial score (nSPS) is 20.2. The van der Waals surface area contributed by atoms with Crippen LogP contribution >= 0.6 is 0 Å². The number of carbonyl (C=O) groups is 2. The fourth-order valence-electron chi connectivity index (χ4n) is 2.18. The van der Waals surface area contributed by atoms with Crippen LogP contribution in [0.3, 0.4) is 0 Å². The molecule has 96 valence electrons. The minimum absolute atomic E-state index is 0.0565. The van der Waals surface area contributed by atoms with E-state index in [1.165, 1.54) is 0 Å². The maximum atomic E-state index is 11.9. The van der Waals surface area contributed by atoms with Gasteiger partial charge in [-0.2, -0.15) is 0 Å². The SMILES string of the molecule is CC(C)C1C(=O)NCC(=O)N1Cc1ccccn1. The minimum Gasteiger partial charge on any atom is -0.345 e. The van der Waals surface area contributed by atoms with E-state index in [0.29, 0.717) is 6.54 Å². The molecule has 0 aromatic carbocycles.